The maximum absolute atomic E-state index is 3.60. The van der Waals surface area contributed by atoms with Gasteiger partial charge in [0, 0.05) is 0 Å². The fraction of sp³-hybridized carbons (Fsp3) is 0.600. The molecule has 0 heterocycles. The van der Waals surface area contributed by atoms with Crippen LogP contribution in [0.1, 0.15) is 12.8 Å². The van der Waals surface area contributed by atoms with E-state index in [9.17, 15) is 0 Å². The van der Waals surface area contributed by atoms with Gasteiger partial charge in [0.15, 0.2) is 0 Å². The smallest absolute Gasteiger partial charge is 0.103 e. The number of allylic oxidation sites excluding steroid dienone is 1. The van der Waals surface area contributed by atoms with Gasteiger partial charge < -0.3 is 0 Å². The van der Waals surface area contributed by atoms with E-state index in [0.29, 0.717) is 0 Å². The second kappa shape index (κ2) is 4.07. The van der Waals surface area contributed by atoms with Crippen molar-refractivity contribution in [2.75, 3.05) is 0 Å². The van der Waals surface area contributed by atoms with E-state index < -0.39 is 0 Å². The summed E-state index contributed by atoms with van der Waals surface area (Å²) in [6, 6.07) is 0. The normalized spacial score (nSPS) is 11.4. The molecule has 0 atom stereocenters. The van der Waals surface area contributed by atoms with E-state index in [2.05, 4.69) is 54.4 Å². The summed E-state index contributed by atoms with van der Waals surface area (Å²) < 4.78 is -0.0822. The highest BCUT2D eigenvalue weighted by Crippen LogP contribution is 2.37. The molecule has 0 aliphatic rings. The summed E-state index contributed by atoms with van der Waals surface area (Å²) in [6.07, 6.45) is 3.89. The standard InChI is InChI=1S/C5H7Br3/c1-2-3-4-5(6,7)8/h2H,1,3-4H2. The Morgan fingerprint density at radius 2 is 1.88 bits per heavy atom. The van der Waals surface area contributed by atoms with Crippen LogP contribution in [0.25, 0.3) is 0 Å². The zero-order valence-electron chi connectivity index (χ0n) is 4.33. The van der Waals surface area contributed by atoms with Crippen LogP contribution in [0.2, 0.25) is 0 Å². The molecule has 0 unspecified atom stereocenters. The van der Waals surface area contributed by atoms with Crippen LogP contribution < -0.4 is 0 Å². The third-order valence-electron chi connectivity index (χ3n) is 0.632. The predicted octanol–water partition coefficient (Wildman–Crippen LogP) is 3.79. The van der Waals surface area contributed by atoms with E-state index in [-0.39, 0.29) is 2.14 Å². The lowest BCUT2D eigenvalue weighted by molar-refractivity contribution is 0.933. The Kier molecular flexibility index (Phi) is 4.67. The average Bonchev–Trinajstić information content (AvgIpc) is 1.59. The van der Waals surface area contributed by atoms with Crippen LogP contribution in [0.4, 0.5) is 0 Å². The Morgan fingerprint density at radius 1 is 1.38 bits per heavy atom. The molecule has 0 spiro atoms. The highest BCUT2D eigenvalue weighted by molar-refractivity contribution is 9.39. The molecular weight excluding hydrogens is 300 g/mol. The molecule has 0 aromatic rings. The minimum atomic E-state index is -0.0822. The summed E-state index contributed by atoms with van der Waals surface area (Å²) >= 11 is 10.1. The quantitative estimate of drug-likeness (QED) is 0.538. The van der Waals surface area contributed by atoms with Crippen LogP contribution in [0.3, 0.4) is 0 Å². The Hall–Kier alpha value is 1.18. The predicted molar refractivity (Wildman–Crippen MR) is 48.9 cm³/mol. The maximum atomic E-state index is 3.60. The molecule has 0 N–H and O–H groups in total. The third-order valence-corrected chi connectivity index (χ3v) is 1.82. The van der Waals surface area contributed by atoms with Crippen LogP contribution in [0.15, 0.2) is 12.7 Å². The third kappa shape index (κ3) is 7.18. The van der Waals surface area contributed by atoms with Gasteiger partial charge in [0.1, 0.15) is 2.14 Å². The summed E-state index contributed by atoms with van der Waals surface area (Å²) in [6.45, 7) is 3.60. The Balaban J connectivity index is 3.24. The van der Waals surface area contributed by atoms with Crippen molar-refractivity contribution in [3.8, 4) is 0 Å². The second-order valence-electron chi connectivity index (χ2n) is 1.44. The van der Waals surface area contributed by atoms with Crippen LogP contribution in [0, 0.1) is 0 Å². The molecule has 8 heavy (non-hydrogen) atoms. The summed E-state index contributed by atoms with van der Waals surface area (Å²) in [5.74, 6) is 0. The van der Waals surface area contributed by atoms with E-state index in [1.807, 2.05) is 6.08 Å². The van der Waals surface area contributed by atoms with Gasteiger partial charge in [0.2, 0.25) is 0 Å². The molecule has 0 aromatic carbocycles. The van der Waals surface area contributed by atoms with Gasteiger partial charge in [-0.25, -0.2) is 0 Å². The van der Waals surface area contributed by atoms with E-state index in [1.54, 1.807) is 0 Å². The molecule has 0 bridgehead atoms. The summed E-state index contributed by atoms with van der Waals surface area (Å²) in [7, 11) is 0. The van der Waals surface area contributed by atoms with Crippen molar-refractivity contribution in [3.05, 3.63) is 12.7 Å². The molecule has 0 radical (unpaired) electrons. The highest BCUT2D eigenvalue weighted by Gasteiger charge is 2.14. The number of rotatable bonds is 2. The Bertz CT molecular complexity index is 72.2. The monoisotopic (exact) mass is 304 g/mol. The highest BCUT2D eigenvalue weighted by atomic mass is 80.0. The molecule has 0 saturated heterocycles. The van der Waals surface area contributed by atoms with E-state index >= 15 is 0 Å². The number of hydrogen-bond acceptors (Lipinski definition) is 0. The van der Waals surface area contributed by atoms with Gasteiger partial charge in [-0.3, -0.25) is 0 Å². The lowest BCUT2D eigenvalue weighted by atomic mass is 10.3. The Labute approximate surface area is 75.1 Å². The molecule has 0 aromatic heterocycles. The molecule has 0 aliphatic heterocycles. The second-order valence-corrected chi connectivity index (χ2v) is 8.70. The van der Waals surface area contributed by atoms with Crippen LogP contribution in [-0.2, 0) is 0 Å². The number of alkyl halides is 3. The van der Waals surface area contributed by atoms with Gasteiger partial charge in [-0.05, 0) is 12.8 Å². The van der Waals surface area contributed by atoms with Gasteiger partial charge in [0.05, 0.1) is 0 Å². The number of halogens is 3. The molecule has 0 rings (SSSR count). The van der Waals surface area contributed by atoms with Gasteiger partial charge in [0.25, 0.3) is 0 Å². The van der Waals surface area contributed by atoms with Crippen LogP contribution >= 0.6 is 47.8 Å². The lowest BCUT2D eigenvalue weighted by Gasteiger charge is -2.08. The van der Waals surface area contributed by atoms with Crippen LogP contribution in [0.5, 0.6) is 0 Å². The first-order chi connectivity index (χ1) is 3.56. The van der Waals surface area contributed by atoms with E-state index in [1.165, 1.54) is 0 Å². The van der Waals surface area contributed by atoms with Crippen molar-refractivity contribution in [3.63, 3.8) is 0 Å². The zero-order valence-corrected chi connectivity index (χ0v) is 9.09. The van der Waals surface area contributed by atoms with Gasteiger partial charge >= 0.3 is 0 Å². The maximum Gasteiger partial charge on any atom is 0.135 e. The van der Waals surface area contributed by atoms with Crippen molar-refractivity contribution >= 4 is 47.8 Å². The minimum Gasteiger partial charge on any atom is -0.103 e. The average molecular weight is 307 g/mol. The molecular formula is C5H7Br3. The Morgan fingerprint density at radius 3 is 2.00 bits per heavy atom. The van der Waals surface area contributed by atoms with Gasteiger partial charge in [-0.2, -0.15) is 0 Å². The molecule has 0 aliphatic carbocycles. The summed E-state index contributed by atoms with van der Waals surface area (Å²) in [4.78, 5) is 0. The molecule has 3 heteroatoms. The zero-order chi connectivity index (χ0) is 6.62. The SMILES string of the molecule is C=CCCC(Br)(Br)Br. The number of hydrogen-bond donors (Lipinski definition) is 0. The van der Waals surface area contributed by atoms with E-state index in [0.717, 1.165) is 12.8 Å². The largest absolute Gasteiger partial charge is 0.135 e. The van der Waals surface area contributed by atoms with Crippen molar-refractivity contribution < 1.29 is 0 Å². The van der Waals surface area contributed by atoms with E-state index in [4.69, 9.17) is 0 Å². The fourth-order valence-corrected chi connectivity index (χ4v) is 0.952. The van der Waals surface area contributed by atoms with Crippen molar-refractivity contribution in [1.29, 1.82) is 0 Å². The lowest BCUT2D eigenvalue weighted by Crippen LogP contribution is -1.96. The first-order valence-corrected chi connectivity index (χ1v) is 4.62. The molecule has 0 fully saturated rings. The van der Waals surface area contributed by atoms with Crippen molar-refractivity contribution in [1.82, 2.24) is 0 Å². The molecule has 48 valence electrons. The van der Waals surface area contributed by atoms with Gasteiger partial charge in [-0.15, -0.1) is 6.58 Å². The van der Waals surface area contributed by atoms with Crippen molar-refractivity contribution in [2.24, 2.45) is 0 Å². The first-order valence-electron chi connectivity index (χ1n) is 2.24. The summed E-state index contributed by atoms with van der Waals surface area (Å²) in [5, 5.41) is 0. The molecule has 0 amide bonds. The topological polar surface area (TPSA) is 0 Å². The summed E-state index contributed by atoms with van der Waals surface area (Å²) in [5.41, 5.74) is 0. The van der Waals surface area contributed by atoms with Crippen LogP contribution in [-0.4, -0.2) is 2.14 Å². The van der Waals surface area contributed by atoms with Gasteiger partial charge in [-0.1, -0.05) is 53.9 Å². The molecule has 0 nitrogen and oxygen atoms in total. The first kappa shape index (κ1) is 9.18. The fourth-order valence-electron chi connectivity index (χ4n) is 0.266. The van der Waals surface area contributed by atoms with Crippen molar-refractivity contribution in [2.45, 2.75) is 15.0 Å². The molecule has 0 saturated carbocycles. The minimum absolute atomic E-state index is 0.0822.